The van der Waals surface area contributed by atoms with Crippen LogP contribution in [-0.4, -0.2) is 17.1 Å². The molecule has 0 aromatic heterocycles. The van der Waals surface area contributed by atoms with Crippen LogP contribution in [0.3, 0.4) is 0 Å². The lowest BCUT2D eigenvalue weighted by atomic mass is 9.99. The average Bonchev–Trinajstić information content (AvgIpc) is 2.31. The van der Waals surface area contributed by atoms with Crippen LogP contribution in [0.5, 0.6) is 5.75 Å². The van der Waals surface area contributed by atoms with Gasteiger partial charge in [-0.3, -0.25) is 10.1 Å². The Morgan fingerprint density at radius 2 is 1.89 bits per heavy atom. The molecule has 0 heterocycles. The number of hydrogen-bond donors (Lipinski definition) is 3. The molecule has 0 fully saturated rings. The summed E-state index contributed by atoms with van der Waals surface area (Å²) in [6, 6.07) is 3.29. The standard InChI is InChI=1S/C14H22N2O2/c1-5-10(4)16-12(14(15)18)11-6-8(2)13(17)9(3)7-11/h6-7,10,12,16-17H,5H2,1-4H3,(H2,15,18). The summed E-state index contributed by atoms with van der Waals surface area (Å²) in [6.45, 7) is 7.68. The molecule has 100 valence electrons. The predicted molar refractivity (Wildman–Crippen MR) is 72.4 cm³/mol. The molecule has 0 radical (unpaired) electrons. The largest absolute Gasteiger partial charge is 0.507 e. The Hall–Kier alpha value is -1.55. The molecule has 1 rings (SSSR count). The zero-order chi connectivity index (χ0) is 13.9. The fourth-order valence-corrected chi connectivity index (χ4v) is 1.90. The summed E-state index contributed by atoms with van der Waals surface area (Å²) < 4.78 is 0. The van der Waals surface area contributed by atoms with Crippen LogP contribution in [-0.2, 0) is 4.79 Å². The Morgan fingerprint density at radius 3 is 2.28 bits per heavy atom. The monoisotopic (exact) mass is 250 g/mol. The molecule has 1 amide bonds. The lowest BCUT2D eigenvalue weighted by Crippen LogP contribution is -2.38. The van der Waals surface area contributed by atoms with E-state index in [2.05, 4.69) is 5.32 Å². The topological polar surface area (TPSA) is 75.3 Å². The second-order valence-corrected chi connectivity index (χ2v) is 4.81. The van der Waals surface area contributed by atoms with Gasteiger partial charge >= 0.3 is 0 Å². The summed E-state index contributed by atoms with van der Waals surface area (Å²) >= 11 is 0. The first-order valence-corrected chi connectivity index (χ1v) is 6.22. The molecule has 0 spiro atoms. The van der Waals surface area contributed by atoms with E-state index in [-0.39, 0.29) is 11.8 Å². The number of benzene rings is 1. The minimum atomic E-state index is -0.516. The first kappa shape index (κ1) is 14.5. The SMILES string of the molecule is CCC(C)NC(C(N)=O)c1cc(C)c(O)c(C)c1. The molecule has 4 nitrogen and oxygen atoms in total. The lowest BCUT2D eigenvalue weighted by Gasteiger charge is -2.21. The van der Waals surface area contributed by atoms with E-state index < -0.39 is 11.9 Å². The number of aromatic hydroxyl groups is 1. The molecule has 0 saturated heterocycles. The van der Waals surface area contributed by atoms with E-state index in [0.29, 0.717) is 0 Å². The summed E-state index contributed by atoms with van der Waals surface area (Å²) in [5.41, 5.74) is 7.75. The highest BCUT2D eigenvalue weighted by Gasteiger charge is 2.20. The normalized spacial score (nSPS) is 14.2. The molecule has 0 bridgehead atoms. The Morgan fingerprint density at radius 1 is 1.39 bits per heavy atom. The van der Waals surface area contributed by atoms with Gasteiger partial charge in [0, 0.05) is 6.04 Å². The molecule has 0 aliphatic carbocycles. The van der Waals surface area contributed by atoms with Crippen molar-refractivity contribution in [2.24, 2.45) is 5.73 Å². The number of carbonyl (C=O) groups excluding carboxylic acids is 1. The van der Waals surface area contributed by atoms with Crippen molar-refractivity contribution in [2.45, 2.75) is 46.2 Å². The fraction of sp³-hybridized carbons (Fsp3) is 0.500. The van der Waals surface area contributed by atoms with E-state index >= 15 is 0 Å². The lowest BCUT2D eigenvalue weighted by molar-refractivity contribution is -0.120. The van der Waals surface area contributed by atoms with Crippen molar-refractivity contribution >= 4 is 5.91 Å². The molecule has 4 N–H and O–H groups in total. The second-order valence-electron chi connectivity index (χ2n) is 4.81. The van der Waals surface area contributed by atoms with E-state index in [1.165, 1.54) is 0 Å². The Bertz CT molecular complexity index is 420. The van der Waals surface area contributed by atoms with Gasteiger partial charge in [-0.05, 0) is 43.9 Å². The van der Waals surface area contributed by atoms with E-state index in [1.54, 1.807) is 12.1 Å². The van der Waals surface area contributed by atoms with Crippen LogP contribution < -0.4 is 11.1 Å². The van der Waals surface area contributed by atoms with Gasteiger partial charge in [0.25, 0.3) is 0 Å². The first-order chi connectivity index (χ1) is 8.36. The zero-order valence-electron chi connectivity index (χ0n) is 11.4. The van der Waals surface area contributed by atoms with Gasteiger partial charge in [0.15, 0.2) is 0 Å². The van der Waals surface area contributed by atoms with Crippen LogP contribution in [0.25, 0.3) is 0 Å². The van der Waals surface area contributed by atoms with Gasteiger partial charge in [0.1, 0.15) is 11.8 Å². The third kappa shape index (κ3) is 3.23. The van der Waals surface area contributed by atoms with Gasteiger partial charge in [-0.2, -0.15) is 0 Å². The number of carbonyl (C=O) groups is 1. The van der Waals surface area contributed by atoms with Gasteiger partial charge in [0.05, 0.1) is 0 Å². The summed E-state index contributed by atoms with van der Waals surface area (Å²) in [4.78, 5) is 11.6. The number of rotatable bonds is 5. The van der Waals surface area contributed by atoms with E-state index in [1.807, 2.05) is 27.7 Å². The maximum absolute atomic E-state index is 11.6. The smallest absolute Gasteiger partial charge is 0.239 e. The Kier molecular flexibility index (Phi) is 4.73. The van der Waals surface area contributed by atoms with Gasteiger partial charge in [-0.1, -0.05) is 19.1 Å². The molecule has 0 aliphatic rings. The number of nitrogens with two attached hydrogens (primary N) is 1. The Balaban J connectivity index is 3.10. The number of phenols is 1. The number of amides is 1. The highest BCUT2D eigenvalue weighted by atomic mass is 16.3. The molecule has 4 heteroatoms. The molecule has 2 unspecified atom stereocenters. The summed E-state index contributed by atoms with van der Waals surface area (Å²) in [6.07, 6.45) is 0.916. The van der Waals surface area contributed by atoms with Gasteiger partial charge in [0.2, 0.25) is 5.91 Å². The average molecular weight is 250 g/mol. The van der Waals surface area contributed by atoms with Crippen LogP contribution in [0.2, 0.25) is 0 Å². The number of primary amides is 1. The molecule has 0 aliphatic heterocycles. The maximum atomic E-state index is 11.6. The number of nitrogens with one attached hydrogen (secondary N) is 1. The molecule has 0 saturated carbocycles. The van der Waals surface area contributed by atoms with E-state index in [9.17, 15) is 9.90 Å². The van der Waals surface area contributed by atoms with Crippen molar-refractivity contribution < 1.29 is 9.90 Å². The molecular formula is C14H22N2O2. The van der Waals surface area contributed by atoms with Crippen molar-refractivity contribution in [2.75, 3.05) is 0 Å². The van der Waals surface area contributed by atoms with Crippen molar-refractivity contribution in [3.05, 3.63) is 28.8 Å². The zero-order valence-corrected chi connectivity index (χ0v) is 11.4. The van der Waals surface area contributed by atoms with Crippen molar-refractivity contribution in [1.29, 1.82) is 0 Å². The molecular weight excluding hydrogens is 228 g/mol. The first-order valence-electron chi connectivity index (χ1n) is 6.22. The summed E-state index contributed by atoms with van der Waals surface area (Å²) in [5.74, 6) is -0.134. The maximum Gasteiger partial charge on any atom is 0.239 e. The third-order valence-corrected chi connectivity index (χ3v) is 3.19. The van der Waals surface area contributed by atoms with Gasteiger partial charge in [-0.15, -0.1) is 0 Å². The highest BCUT2D eigenvalue weighted by Crippen LogP contribution is 2.26. The minimum absolute atomic E-state index is 0.205. The van der Waals surface area contributed by atoms with Crippen LogP contribution in [0.1, 0.15) is 43.0 Å². The summed E-state index contributed by atoms with van der Waals surface area (Å²) in [7, 11) is 0. The van der Waals surface area contributed by atoms with Crippen LogP contribution >= 0.6 is 0 Å². The molecule has 1 aromatic rings. The third-order valence-electron chi connectivity index (χ3n) is 3.19. The predicted octanol–water partition coefficient (Wildman–Crippen LogP) is 1.92. The molecule has 18 heavy (non-hydrogen) atoms. The minimum Gasteiger partial charge on any atom is -0.507 e. The van der Waals surface area contributed by atoms with Crippen LogP contribution in [0, 0.1) is 13.8 Å². The van der Waals surface area contributed by atoms with Gasteiger partial charge < -0.3 is 10.8 Å². The fourth-order valence-electron chi connectivity index (χ4n) is 1.90. The second kappa shape index (κ2) is 5.87. The number of phenolic OH excluding ortho intramolecular Hbond substituents is 1. The van der Waals surface area contributed by atoms with Crippen molar-refractivity contribution in [1.82, 2.24) is 5.32 Å². The van der Waals surface area contributed by atoms with Gasteiger partial charge in [-0.25, -0.2) is 0 Å². The van der Waals surface area contributed by atoms with E-state index in [0.717, 1.165) is 23.1 Å². The number of aryl methyl sites for hydroxylation is 2. The van der Waals surface area contributed by atoms with Crippen LogP contribution in [0.15, 0.2) is 12.1 Å². The van der Waals surface area contributed by atoms with Crippen molar-refractivity contribution in [3.63, 3.8) is 0 Å². The quantitative estimate of drug-likeness (QED) is 0.747. The highest BCUT2D eigenvalue weighted by molar-refractivity contribution is 5.81. The van der Waals surface area contributed by atoms with Crippen LogP contribution in [0.4, 0.5) is 0 Å². The van der Waals surface area contributed by atoms with Crippen molar-refractivity contribution in [3.8, 4) is 5.75 Å². The molecule has 1 aromatic carbocycles. The summed E-state index contributed by atoms with van der Waals surface area (Å²) in [5, 5.41) is 12.9. The number of hydrogen-bond acceptors (Lipinski definition) is 3. The Labute approximate surface area is 108 Å². The molecule has 2 atom stereocenters. The van der Waals surface area contributed by atoms with E-state index in [4.69, 9.17) is 5.73 Å².